The topological polar surface area (TPSA) is 82.0 Å². The molecule has 0 radical (unpaired) electrons. The first-order valence-electron chi connectivity index (χ1n) is 4.90. The van der Waals surface area contributed by atoms with Crippen molar-refractivity contribution in [1.82, 2.24) is 4.98 Å². The lowest BCUT2D eigenvalue weighted by Crippen LogP contribution is -2.16. The molecule has 0 unspecified atom stereocenters. The fourth-order valence-corrected chi connectivity index (χ4v) is 1.58. The molecule has 0 spiro atoms. The maximum Gasteiger partial charge on any atom is 0.269 e. The van der Waals surface area contributed by atoms with Crippen LogP contribution < -0.4 is 11.5 Å². The third-order valence-electron chi connectivity index (χ3n) is 2.36. The molecule has 0 aliphatic rings. The molecule has 0 fully saturated rings. The molecule has 0 aliphatic carbocycles. The molecule has 86 valence electrons. The first-order chi connectivity index (χ1) is 8.09. The van der Waals surface area contributed by atoms with Crippen LogP contribution in [0.4, 0.5) is 10.1 Å². The first-order valence-corrected chi connectivity index (χ1v) is 4.90. The van der Waals surface area contributed by atoms with E-state index in [4.69, 9.17) is 11.5 Å². The fraction of sp³-hybridized carbons (Fsp3) is 0. The lowest BCUT2D eigenvalue weighted by Gasteiger charge is -2.08. The lowest BCUT2D eigenvalue weighted by molar-refractivity contribution is 0.0996. The van der Waals surface area contributed by atoms with E-state index in [9.17, 15) is 9.18 Å². The van der Waals surface area contributed by atoms with Crippen LogP contribution in [-0.4, -0.2) is 10.9 Å². The van der Waals surface area contributed by atoms with Gasteiger partial charge in [-0.25, -0.2) is 9.37 Å². The van der Waals surface area contributed by atoms with Crippen LogP contribution in [0, 0.1) is 5.82 Å². The number of pyridine rings is 1. The van der Waals surface area contributed by atoms with Gasteiger partial charge in [0.1, 0.15) is 5.82 Å². The highest BCUT2D eigenvalue weighted by Gasteiger charge is 2.12. The normalized spacial score (nSPS) is 10.2. The number of halogens is 1. The number of nitrogen functional groups attached to an aromatic ring is 1. The van der Waals surface area contributed by atoms with E-state index in [1.165, 1.54) is 18.3 Å². The van der Waals surface area contributed by atoms with Crippen molar-refractivity contribution >= 4 is 11.6 Å². The molecule has 0 aliphatic heterocycles. The second kappa shape index (κ2) is 4.21. The third kappa shape index (κ3) is 2.08. The summed E-state index contributed by atoms with van der Waals surface area (Å²) in [5, 5.41) is 0. The highest BCUT2D eigenvalue weighted by Crippen LogP contribution is 2.27. The molecule has 17 heavy (non-hydrogen) atoms. The van der Waals surface area contributed by atoms with Crippen molar-refractivity contribution in [3.05, 3.63) is 48.0 Å². The second-order valence-electron chi connectivity index (χ2n) is 3.50. The van der Waals surface area contributed by atoms with E-state index in [2.05, 4.69) is 4.98 Å². The SMILES string of the molecule is NC(=O)c1nccc(-c2cccc(F)c2)c1N. The standard InChI is InChI=1S/C12H10FN3O/c13-8-3-1-2-7(6-8)9-4-5-16-11(10(9)14)12(15)17/h1-6H,14H2,(H2,15,17). The summed E-state index contributed by atoms with van der Waals surface area (Å²) in [6.07, 6.45) is 1.41. The lowest BCUT2D eigenvalue weighted by atomic mass is 10.0. The molecule has 0 saturated carbocycles. The van der Waals surface area contributed by atoms with E-state index >= 15 is 0 Å². The van der Waals surface area contributed by atoms with Gasteiger partial charge in [-0.05, 0) is 23.8 Å². The van der Waals surface area contributed by atoms with Crippen molar-refractivity contribution in [2.45, 2.75) is 0 Å². The van der Waals surface area contributed by atoms with Gasteiger partial charge in [0.25, 0.3) is 5.91 Å². The van der Waals surface area contributed by atoms with Gasteiger partial charge in [-0.3, -0.25) is 4.79 Å². The summed E-state index contributed by atoms with van der Waals surface area (Å²) in [6, 6.07) is 7.52. The van der Waals surface area contributed by atoms with Crippen LogP contribution in [0.2, 0.25) is 0 Å². The minimum atomic E-state index is -0.708. The number of primary amides is 1. The Morgan fingerprint density at radius 2 is 2.06 bits per heavy atom. The van der Waals surface area contributed by atoms with Gasteiger partial charge in [0, 0.05) is 11.8 Å². The molecule has 4 N–H and O–H groups in total. The first kappa shape index (κ1) is 11.1. The van der Waals surface area contributed by atoms with Crippen LogP contribution >= 0.6 is 0 Å². The van der Waals surface area contributed by atoms with Gasteiger partial charge in [-0.2, -0.15) is 0 Å². The van der Waals surface area contributed by atoms with Gasteiger partial charge < -0.3 is 11.5 Å². The van der Waals surface area contributed by atoms with Crippen molar-refractivity contribution in [3.8, 4) is 11.1 Å². The van der Waals surface area contributed by atoms with E-state index in [0.29, 0.717) is 11.1 Å². The van der Waals surface area contributed by atoms with Crippen molar-refractivity contribution < 1.29 is 9.18 Å². The summed E-state index contributed by atoms with van der Waals surface area (Å²) in [5.41, 5.74) is 12.2. The monoisotopic (exact) mass is 231 g/mol. The van der Waals surface area contributed by atoms with Crippen molar-refractivity contribution in [1.29, 1.82) is 0 Å². The molecule has 2 aromatic rings. The Labute approximate surface area is 97.1 Å². The van der Waals surface area contributed by atoms with Crippen LogP contribution in [0.3, 0.4) is 0 Å². The molecule has 0 bridgehead atoms. The number of nitrogens with two attached hydrogens (primary N) is 2. The summed E-state index contributed by atoms with van der Waals surface area (Å²) >= 11 is 0. The van der Waals surface area contributed by atoms with Gasteiger partial charge in [0.05, 0.1) is 5.69 Å². The summed E-state index contributed by atoms with van der Waals surface area (Å²) in [6.45, 7) is 0. The Balaban J connectivity index is 2.60. The number of aromatic nitrogens is 1. The van der Waals surface area contributed by atoms with E-state index < -0.39 is 5.91 Å². The van der Waals surface area contributed by atoms with Gasteiger partial charge in [0.2, 0.25) is 0 Å². The Morgan fingerprint density at radius 3 is 2.71 bits per heavy atom. The van der Waals surface area contributed by atoms with Crippen molar-refractivity contribution in [2.75, 3.05) is 5.73 Å². The molecule has 5 heteroatoms. The number of amides is 1. The summed E-state index contributed by atoms with van der Waals surface area (Å²) < 4.78 is 13.1. The average molecular weight is 231 g/mol. The molecule has 1 aromatic heterocycles. The van der Waals surface area contributed by atoms with E-state index in [1.54, 1.807) is 18.2 Å². The average Bonchev–Trinajstić information content (AvgIpc) is 2.29. The number of benzene rings is 1. The number of carbonyl (C=O) groups is 1. The van der Waals surface area contributed by atoms with Gasteiger partial charge in [-0.15, -0.1) is 0 Å². The predicted octanol–water partition coefficient (Wildman–Crippen LogP) is 1.57. The van der Waals surface area contributed by atoms with E-state index in [-0.39, 0.29) is 17.2 Å². The zero-order valence-corrected chi connectivity index (χ0v) is 8.85. The highest BCUT2D eigenvalue weighted by molar-refractivity contribution is 5.99. The Bertz CT molecular complexity index is 584. The summed E-state index contributed by atoms with van der Waals surface area (Å²) in [5.74, 6) is -1.08. The number of carbonyl (C=O) groups excluding carboxylic acids is 1. The van der Waals surface area contributed by atoms with E-state index in [1.807, 2.05) is 0 Å². The predicted molar refractivity (Wildman–Crippen MR) is 62.6 cm³/mol. The maximum absolute atomic E-state index is 13.1. The largest absolute Gasteiger partial charge is 0.396 e. The number of rotatable bonds is 2. The Hall–Kier alpha value is -2.43. The van der Waals surface area contributed by atoms with Gasteiger partial charge in [0.15, 0.2) is 5.69 Å². The number of anilines is 1. The molecule has 1 aromatic carbocycles. The highest BCUT2D eigenvalue weighted by atomic mass is 19.1. The Morgan fingerprint density at radius 1 is 1.29 bits per heavy atom. The molecule has 0 atom stereocenters. The van der Waals surface area contributed by atoms with E-state index in [0.717, 1.165) is 0 Å². The third-order valence-corrected chi connectivity index (χ3v) is 2.36. The molecular weight excluding hydrogens is 221 g/mol. The number of hydrogen-bond acceptors (Lipinski definition) is 3. The molecular formula is C12H10FN3O. The molecule has 2 rings (SSSR count). The molecule has 1 heterocycles. The van der Waals surface area contributed by atoms with Crippen LogP contribution in [0.25, 0.3) is 11.1 Å². The van der Waals surface area contributed by atoms with Crippen LogP contribution in [0.5, 0.6) is 0 Å². The molecule has 4 nitrogen and oxygen atoms in total. The quantitative estimate of drug-likeness (QED) is 0.822. The smallest absolute Gasteiger partial charge is 0.269 e. The van der Waals surface area contributed by atoms with Crippen LogP contribution in [-0.2, 0) is 0 Å². The number of nitrogens with zero attached hydrogens (tertiary/aromatic N) is 1. The summed E-state index contributed by atoms with van der Waals surface area (Å²) in [4.78, 5) is 14.9. The Kier molecular flexibility index (Phi) is 2.74. The zero-order valence-electron chi connectivity index (χ0n) is 8.85. The van der Waals surface area contributed by atoms with Crippen LogP contribution in [0.1, 0.15) is 10.5 Å². The maximum atomic E-state index is 13.1. The molecule has 0 saturated heterocycles. The van der Waals surface area contributed by atoms with Gasteiger partial charge in [-0.1, -0.05) is 12.1 Å². The minimum Gasteiger partial charge on any atom is -0.396 e. The minimum absolute atomic E-state index is 0.00763. The van der Waals surface area contributed by atoms with Crippen LogP contribution in [0.15, 0.2) is 36.5 Å². The number of hydrogen-bond donors (Lipinski definition) is 2. The molecule has 1 amide bonds. The fourth-order valence-electron chi connectivity index (χ4n) is 1.58. The van der Waals surface area contributed by atoms with Crippen molar-refractivity contribution in [3.63, 3.8) is 0 Å². The zero-order chi connectivity index (χ0) is 12.4. The summed E-state index contributed by atoms with van der Waals surface area (Å²) in [7, 11) is 0. The van der Waals surface area contributed by atoms with Gasteiger partial charge >= 0.3 is 0 Å². The second-order valence-corrected chi connectivity index (χ2v) is 3.50. The van der Waals surface area contributed by atoms with Crippen molar-refractivity contribution in [2.24, 2.45) is 5.73 Å².